The number of rotatable bonds is 0. The molecule has 3 rings (SSSR count). The van der Waals surface area contributed by atoms with E-state index >= 15 is 0 Å². The van der Waals surface area contributed by atoms with Gasteiger partial charge in [0.1, 0.15) is 11.8 Å². The second kappa shape index (κ2) is 2.22. The molecule has 62 valence electrons. The first-order valence-electron chi connectivity index (χ1n) is 3.84. The monoisotopic (exact) mass is 171 g/mol. The maximum Gasteiger partial charge on any atom is 0.180 e. The fourth-order valence-electron chi connectivity index (χ4n) is 1.30. The minimum absolute atomic E-state index is 0.714. The van der Waals surface area contributed by atoms with Gasteiger partial charge in [0.25, 0.3) is 0 Å². The van der Waals surface area contributed by atoms with Crippen molar-refractivity contribution < 1.29 is 0 Å². The Labute approximate surface area is 73.1 Å². The molecule has 3 heterocycles. The van der Waals surface area contributed by atoms with Crippen LogP contribution in [0.25, 0.3) is 16.8 Å². The Morgan fingerprint density at radius 1 is 1.23 bits per heavy atom. The Morgan fingerprint density at radius 3 is 3.23 bits per heavy atom. The quantitative estimate of drug-likeness (QED) is 0.499. The number of nitrogens with zero attached hydrogens (tertiary/aromatic N) is 5. The van der Waals surface area contributed by atoms with Crippen LogP contribution in [0.2, 0.25) is 0 Å². The molecule has 0 aliphatic heterocycles. The highest BCUT2D eigenvalue weighted by Crippen LogP contribution is 2.08. The van der Waals surface area contributed by atoms with Gasteiger partial charge in [-0.1, -0.05) is 0 Å². The Kier molecular flexibility index (Phi) is 1.11. The topological polar surface area (TPSA) is 56.0 Å². The van der Waals surface area contributed by atoms with Crippen molar-refractivity contribution in [2.75, 3.05) is 0 Å². The summed E-state index contributed by atoms with van der Waals surface area (Å²) >= 11 is 0. The van der Waals surface area contributed by atoms with Crippen molar-refractivity contribution in [3.8, 4) is 0 Å². The number of aromatic nitrogens is 5. The zero-order chi connectivity index (χ0) is 8.67. The molecule has 0 bridgehead atoms. The molecule has 0 aliphatic rings. The summed E-state index contributed by atoms with van der Waals surface area (Å²) in [6.07, 6.45) is 5.03. The fourth-order valence-corrected chi connectivity index (χ4v) is 1.30. The average Bonchev–Trinajstić information content (AvgIpc) is 2.65. The zero-order valence-electron chi connectivity index (χ0n) is 6.62. The molecule has 0 spiro atoms. The lowest BCUT2D eigenvalue weighted by Crippen LogP contribution is -1.91. The fraction of sp³-hybridized carbons (Fsp3) is 0. The molecule has 0 saturated carbocycles. The van der Waals surface area contributed by atoms with Crippen molar-refractivity contribution in [2.24, 2.45) is 0 Å². The molecule has 0 amide bonds. The highest BCUT2D eigenvalue weighted by molar-refractivity contribution is 5.72. The third kappa shape index (κ3) is 0.807. The van der Waals surface area contributed by atoms with Gasteiger partial charge in [-0.15, -0.1) is 10.2 Å². The van der Waals surface area contributed by atoms with Crippen LogP contribution in [0.1, 0.15) is 0 Å². The van der Waals surface area contributed by atoms with Crippen molar-refractivity contribution in [1.82, 2.24) is 24.6 Å². The number of hydrogen-bond acceptors (Lipinski definition) is 4. The maximum absolute atomic E-state index is 4.20. The van der Waals surface area contributed by atoms with Gasteiger partial charge in [0.2, 0.25) is 0 Å². The van der Waals surface area contributed by atoms with E-state index in [0.29, 0.717) is 5.65 Å². The first kappa shape index (κ1) is 6.47. The molecule has 0 N–H and O–H groups in total. The molecule has 5 heteroatoms. The molecule has 0 atom stereocenters. The van der Waals surface area contributed by atoms with Crippen LogP contribution >= 0.6 is 0 Å². The van der Waals surface area contributed by atoms with Gasteiger partial charge < -0.3 is 0 Å². The Bertz CT molecular complexity index is 571. The van der Waals surface area contributed by atoms with E-state index in [1.54, 1.807) is 18.7 Å². The summed E-state index contributed by atoms with van der Waals surface area (Å²) < 4.78 is 1.81. The molecule has 3 aromatic heterocycles. The summed E-state index contributed by atoms with van der Waals surface area (Å²) in [5.41, 5.74) is 2.34. The molecule has 0 radical (unpaired) electrons. The smallest absolute Gasteiger partial charge is 0.180 e. The SMILES string of the molecule is c1cnc2c(c1)ncc1nncn12. The van der Waals surface area contributed by atoms with Gasteiger partial charge >= 0.3 is 0 Å². The van der Waals surface area contributed by atoms with E-state index in [1.165, 1.54) is 0 Å². The first-order chi connectivity index (χ1) is 6.45. The molecule has 5 nitrogen and oxygen atoms in total. The van der Waals surface area contributed by atoms with Gasteiger partial charge in [0.05, 0.1) is 6.20 Å². The zero-order valence-corrected chi connectivity index (χ0v) is 6.62. The Hall–Kier alpha value is -2.04. The van der Waals surface area contributed by atoms with E-state index in [4.69, 9.17) is 0 Å². The summed E-state index contributed by atoms with van der Waals surface area (Å²) in [5, 5.41) is 7.66. The van der Waals surface area contributed by atoms with Crippen LogP contribution in [0.3, 0.4) is 0 Å². The van der Waals surface area contributed by atoms with Crippen LogP contribution in [-0.4, -0.2) is 24.6 Å². The molecular formula is C8H5N5. The van der Waals surface area contributed by atoms with E-state index in [1.807, 2.05) is 16.5 Å². The van der Waals surface area contributed by atoms with Crippen LogP contribution in [0.5, 0.6) is 0 Å². The Balaban J connectivity index is 2.65. The molecule has 0 unspecified atom stereocenters. The van der Waals surface area contributed by atoms with Gasteiger partial charge in [-0.05, 0) is 12.1 Å². The van der Waals surface area contributed by atoms with Gasteiger partial charge in [0, 0.05) is 6.20 Å². The molecule has 0 aromatic carbocycles. The maximum atomic E-state index is 4.20. The summed E-state index contributed by atoms with van der Waals surface area (Å²) in [7, 11) is 0. The summed E-state index contributed by atoms with van der Waals surface area (Å²) in [6, 6.07) is 3.76. The van der Waals surface area contributed by atoms with Crippen LogP contribution in [-0.2, 0) is 0 Å². The van der Waals surface area contributed by atoms with Crippen LogP contribution in [0.15, 0.2) is 30.9 Å². The van der Waals surface area contributed by atoms with E-state index in [9.17, 15) is 0 Å². The van der Waals surface area contributed by atoms with Crippen LogP contribution in [0.4, 0.5) is 0 Å². The Morgan fingerprint density at radius 2 is 2.23 bits per heavy atom. The van der Waals surface area contributed by atoms with Gasteiger partial charge in [-0.25, -0.2) is 9.97 Å². The summed E-state index contributed by atoms with van der Waals surface area (Å²) in [6.45, 7) is 0. The largest absolute Gasteiger partial charge is 0.262 e. The predicted octanol–water partition coefficient (Wildman–Crippen LogP) is 0.672. The molecule has 13 heavy (non-hydrogen) atoms. The second-order valence-electron chi connectivity index (χ2n) is 2.66. The van der Waals surface area contributed by atoms with Crippen molar-refractivity contribution in [3.05, 3.63) is 30.9 Å². The molecule has 0 aliphatic carbocycles. The molecule has 0 saturated heterocycles. The highest BCUT2D eigenvalue weighted by Gasteiger charge is 2.01. The molecular weight excluding hydrogens is 166 g/mol. The predicted molar refractivity (Wildman–Crippen MR) is 46.1 cm³/mol. The lowest BCUT2D eigenvalue weighted by molar-refractivity contribution is 1.10. The minimum Gasteiger partial charge on any atom is -0.262 e. The van der Waals surface area contributed by atoms with Gasteiger partial charge in [0.15, 0.2) is 11.3 Å². The molecule has 0 fully saturated rings. The summed E-state index contributed by atoms with van der Waals surface area (Å²) in [5.74, 6) is 0. The number of fused-ring (bicyclic) bond motifs is 3. The van der Waals surface area contributed by atoms with Crippen molar-refractivity contribution in [3.63, 3.8) is 0 Å². The van der Waals surface area contributed by atoms with E-state index < -0.39 is 0 Å². The second-order valence-corrected chi connectivity index (χ2v) is 2.66. The summed E-state index contributed by atoms with van der Waals surface area (Å²) in [4.78, 5) is 8.40. The highest BCUT2D eigenvalue weighted by atomic mass is 15.2. The van der Waals surface area contributed by atoms with Crippen LogP contribution < -0.4 is 0 Å². The number of hydrogen-bond donors (Lipinski definition) is 0. The van der Waals surface area contributed by atoms with Crippen molar-refractivity contribution >= 4 is 16.8 Å². The van der Waals surface area contributed by atoms with Gasteiger partial charge in [-0.2, -0.15) is 0 Å². The first-order valence-corrected chi connectivity index (χ1v) is 3.84. The third-order valence-electron chi connectivity index (χ3n) is 1.89. The number of pyridine rings is 1. The standard InChI is InChI=1S/C8H5N5/c1-2-6-8(9-3-1)13-5-11-12-7(13)4-10-6/h1-5H. The normalized spacial score (nSPS) is 11.1. The lowest BCUT2D eigenvalue weighted by atomic mass is 10.4. The van der Waals surface area contributed by atoms with Gasteiger partial charge in [-0.3, -0.25) is 4.40 Å². The minimum atomic E-state index is 0.714. The third-order valence-corrected chi connectivity index (χ3v) is 1.89. The average molecular weight is 171 g/mol. The van der Waals surface area contributed by atoms with Crippen molar-refractivity contribution in [2.45, 2.75) is 0 Å². The lowest BCUT2D eigenvalue weighted by Gasteiger charge is -1.96. The van der Waals surface area contributed by atoms with E-state index in [0.717, 1.165) is 11.2 Å². The molecule has 3 aromatic rings. The van der Waals surface area contributed by atoms with Crippen molar-refractivity contribution in [1.29, 1.82) is 0 Å². The van der Waals surface area contributed by atoms with E-state index in [2.05, 4.69) is 20.2 Å². The van der Waals surface area contributed by atoms with Crippen LogP contribution in [0, 0.1) is 0 Å². The van der Waals surface area contributed by atoms with E-state index in [-0.39, 0.29) is 0 Å².